The van der Waals surface area contributed by atoms with Gasteiger partial charge in [-0.25, -0.2) is 0 Å². The van der Waals surface area contributed by atoms with E-state index in [1.54, 1.807) is 0 Å². The van der Waals surface area contributed by atoms with E-state index in [9.17, 15) is 4.79 Å². The van der Waals surface area contributed by atoms with Crippen molar-refractivity contribution < 1.29 is 4.79 Å². The molecule has 1 fully saturated rings. The molecule has 3 heteroatoms. The monoisotopic (exact) mass is 208 g/mol. The van der Waals surface area contributed by atoms with Crippen LogP contribution in [0.5, 0.6) is 0 Å². The third kappa shape index (κ3) is 4.04. The number of rotatable bonds is 5. The summed E-state index contributed by atoms with van der Waals surface area (Å²) >= 11 is 0. The molecule has 2 aliphatic rings. The molecule has 0 spiro atoms. The lowest BCUT2D eigenvalue weighted by atomic mass is 10.0. The fourth-order valence-corrected chi connectivity index (χ4v) is 1.92. The molecule has 15 heavy (non-hydrogen) atoms. The molecule has 84 valence electrons. The molecule has 0 heterocycles. The second-order valence-electron chi connectivity index (χ2n) is 4.62. The first-order valence-electron chi connectivity index (χ1n) is 5.99. The average Bonchev–Trinajstić information content (AvgIpc) is 3.03. The van der Waals surface area contributed by atoms with Crippen molar-refractivity contribution in [2.24, 2.45) is 5.92 Å². The fourth-order valence-electron chi connectivity index (χ4n) is 1.92. The summed E-state index contributed by atoms with van der Waals surface area (Å²) in [7, 11) is 0. The van der Waals surface area contributed by atoms with Crippen LogP contribution in [0.25, 0.3) is 0 Å². The zero-order valence-electron chi connectivity index (χ0n) is 9.17. The van der Waals surface area contributed by atoms with E-state index in [1.165, 1.54) is 12.8 Å². The number of allylic oxidation sites excluding steroid dienone is 1. The number of amides is 1. The van der Waals surface area contributed by atoms with Crippen LogP contribution in [0.4, 0.5) is 0 Å². The lowest BCUT2D eigenvalue weighted by Crippen LogP contribution is -2.41. The quantitative estimate of drug-likeness (QED) is 0.667. The molecular formula is C12H20N2O. The molecule has 2 aliphatic carbocycles. The number of carbonyl (C=O) groups excluding carboxylic acids is 1. The van der Waals surface area contributed by atoms with E-state index < -0.39 is 0 Å². The van der Waals surface area contributed by atoms with Crippen molar-refractivity contribution >= 4 is 5.91 Å². The first-order chi connectivity index (χ1) is 7.34. The van der Waals surface area contributed by atoms with Gasteiger partial charge < -0.3 is 10.6 Å². The summed E-state index contributed by atoms with van der Waals surface area (Å²) in [4.78, 5) is 11.5. The molecule has 0 aromatic carbocycles. The molecule has 2 rings (SSSR count). The summed E-state index contributed by atoms with van der Waals surface area (Å²) in [6.07, 6.45) is 10.2. The largest absolute Gasteiger partial charge is 0.352 e. The minimum Gasteiger partial charge on any atom is -0.352 e. The summed E-state index contributed by atoms with van der Waals surface area (Å²) in [6.45, 7) is 1.49. The van der Waals surface area contributed by atoms with E-state index in [0.29, 0.717) is 12.6 Å². The third-order valence-electron chi connectivity index (χ3n) is 3.05. The highest BCUT2D eigenvalue weighted by Crippen LogP contribution is 2.27. The zero-order valence-corrected chi connectivity index (χ0v) is 9.17. The lowest BCUT2D eigenvalue weighted by molar-refractivity contribution is -0.121. The highest BCUT2D eigenvalue weighted by atomic mass is 16.1. The minimum atomic E-state index is 0.149. The Kier molecular flexibility index (Phi) is 3.78. The van der Waals surface area contributed by atoms with Gasteiger partial charge in [-0.05, 0) is 44.6 Å². The molecular weight excluding hydrogens is 188 g/mol. The Hall–Kier alpha value is -0.830. The van der Waals surface area contributed by atoms with Crippen LogP contribution >= 0.6 is 0 Å². The van der Waals surface area contributed by atoms with Gasteiger partial charge in [0.1, 0.15) is 0 Å². The Bertz CT molecular complexity index is 246. The molecule has 0 bridgehead atoms. The van der Waals surface area contributed by atoms with Crippen molar-refractivity contribution in [2.45, 2.75) is 38.1 Å². The summed E-state index contributed by atoms with van der Waals surface area (Å²) in [5.74, 6) is 0.992. The van der Waals surface area contributed by atoms with Crippen molar-refractivity contribution in [3.05, 3.63) is 12.2 Å². The fraction of sp³-hybridized carbons (Fsp3) is 0.750. The van der Waals surface area contributed by atoms with Crippen LogP contribution in [-0.2, 0) is 4.79 Å². The van der Waals surface area contributed by atoms with Gasteiger partial charge in [-0.2, -0.15) is 0 Å². The van der Waals surface area contributed by atoms with Gasteiger partial charge in [0.15, 0.2) is 0 Å². The molecule has 0 saturated heterocycles. The molecule has 2 N–H and O–H groups in total. The smallest absolute Gasteiger partial charge is 0.234 e. The van der Waals surface area contributed by atoms with Gasteiger partial charge in [-0.15, -0.1) is 0 Å². The Morgan fingerprint density at radius 3 is 2.80 bits per heavy atom. The second kappa shape index (κ2) is 5.31. The van der Waals surface area contributed by atoms with Crippen molar-refractivity contribution in [1.29, 1.82) is 0 Å². The maximum atomic E-state index is 11.5. The SMILES string of the molecule is O=C(CNCC1CC1)NC1CC=CCC1. The number of carbonyl (C=O) groups is 1. The predicted molar refractivity (Wildman–Crippen MR) is 60.5 cm³/mol. The first-order valence-corrected chi connectivity index (χ1v) is 5.99. The van der Waals surface area contributed by atoms with Crippen LogP contribution in [0.1, 0.15) is 32.1 Å². The van der Waals surface area contributed by atoms with Crippen molar-refractivity contribution in [3.63, 3.8) is 0 Å². The van der Waals surface area contributed by atoms with Gasteiger partial charge in [-0.1, -0.05) is 12.2 Å². The van der Waals surface area contributed by atoms with Crippen molar-refractivity contribution in [2.75, 3.05) is 13.1 Å². The van der Waals surface area contributed by atoms with E-state index >= 15 is 0 Å². The molecule has 1 amide bonds. The lowest BCUT2D eigenvalue weighted by Gasteiger charge is -2.19. The summed E-state index contributed by atoms with van der Waals surface area (Å²) in [5.41, 5.74) is 0. The third-order valence-corrected chi connectivity index (χ3v) is 3.05. The highest BCUT2D eigenvalue weighted by Gasteiger charge is 2.20. The van der Waals surface area contributed by atoms with Crippen LogP contribution in [0.2, 0.25) is 0 Å². The molecule has 1 atom stereocenters. The molecule has 3 nitrogen and oxygen atoms in total. The first kappa shape index (κ1) is 10.7. The number of nitrogens with one attached hydrogen (secondary N) is 2. The van der Waals surface area contributed by atoms with Gasteiger partial charge in [0.25, 0.3) is 0 Å². The molecule has 1 unspecified atom stereocenters. The molecule has 0 aromatic rings. The van der Waals surface area contributed by atoms with Crippen LogP contribution in [-0.4, -0.2) is 25.0 Å². The average molecular weight is 208 g/mol. The van der Waals surface area contributed by atoms with Crippen molar-refractivity contribution in [1.82, 2.24) is 10.6 Å². The predicted octanol–water partition coefficient (Wildman–Crippen LogP) is 1.21. The molecule has 0 aliphatic heterocycles. The van der Waals surface area contributed by atoms with Gasteiger partial charge in [0.2, 0.25) is 5.91 Å². The normalized spacial score (nSPS) is 25.2. The van der Waals surface area contributed by atoms with Crippen LogP contribution in [0, 0.1) is 5.92 Å². The maximum absolute atomic E-state index is 11.5. The Morgan fingerprint density at radius 2 is 2.13 bits per heavy atom. The maximum Gasteiger partial charge on any atom is 0.234 e. The topological polar surface area (TPSA) is 41.1 Å². The van der Waals surface area contributed by atoms with E-state index in [1.807, 2.05) is 0 Å². The van der Waals surface area contributed by atoms with Gasteiger partial charge in [0.05, 0.1) is 6.54 Å². The van der Waals surface area contributed by atoms with E-state index in [4.69, 9.17) is 0 Å². The van der Waals surface area contributed by atoms with Gasteiger partial charge >= 0.3 is 0 Å². The van der Waals surface area contributed by atoms with Gasteiger partial charge in [0, 0.05) is 6.04 Å². The molecule has 1 saturated carbocycles. The van der Waals surface area contributed by atoms with E-state index in [2.05, 4.69) is 22.8 Å². The second-order valence-corrected chi connectivity index (χ2v) is 4.62. The van der Waals surface area contributed by atoms with Crippen LogP contribution in [0.15, 0.2) is 12.2 Å². The highest BCUT2D eigenvalue weighted by molar-refractivity contribution is 5.78. The molecule has 0 radical (unpaired) electrons. The van der Waals surface area contributed by atoms with Crippen LogP contribution < -0.4 is 10.6 Å². The Balaban J connectivity index is 1.56. The molecule has 0 aromatic heterocycles. The summed E-state index contributed by atoms with van der Waals surface area (Å²) in [6, 6.07) is 0.366. The van der Waals surface area contributed by atoms with Crippen molar-refractivity contribution in [3.8, 4) is 0 Å². The standard InChI is InChI=1S/C12H20N2O/c15-12(9-13-8-10-6-7-10)14-11-4-2-1-3-5-11/h1-2,10-11,13H,3-9H2,(H,14,15). The van der Waals surface area contributed by atoms with Gasteiger partial charge in [-0.3, -0.25) is 4.79 Å². The summed E-state index contributed by atoms with van der Waals surface area (Å²) in [5, 5.41) is 6.27. The van der Waals surface area contributed by atoms with Crippen LogP contribution in [0.3, 0.4) is 0 Å². The van der Waals surface area contributed by atoms with E-state index in [-0.39, 0.29) is 5.91 Å². The minimum absolute atomic E-state index is 0.149. The number of hydrogen-bond acceptors (Lipinski definition) is 2. The van der Waals surface area contributed by atoms with E-state index in [0.717, 1.165) is 31.7 Å². The Labute approximate surface area is 91.3 Å². The summed E-state index contributed by atoms with van der Waals surface area (Å²) < 4.78 is 0. The number of hydrogen-bond donors (Lipinski definition) is 2. The Morgan fingerprint density at radius 1 is 1.27 bits per heavy atom. The zero-order chi connectivity index (χ0) is 10.5.